The van der Waals surface area contributed by atoms with E-state index in [0.717, 1.165) is 51.5 Å². The molecule has 0 aromatic carbocycles. The van der Waals surface area contributed by atoms with Crippen LogP contribution < -0.4 is 27.8 Å². The van der Waals surface area contributed by atoms with Crippen molar-refractivity contribution in [3.63, 3.8) is 0 Å². The van der Waals surface area contributed by atoms with E-state index in [0.29, 0.717) is 5.96 Å². The second-order valence-electron chi connectivity index (χ2n) is 6.98. The molecular weight excluding hydrogens is 314 g/mol. The third kappa shape index (κ3) is 15.8. The van der Waals surface area contributed by atoms with Crippen molar-refractivity contribution in [2.75, 3.05) is 32.7 Å². The average Bonchev–Trinajstić information content (AvgIpc) is 3.40. The first-order chi connectivity index (χ1) is 12.2. The zero-order valence-corrected chi connectivity index (χ0v) is 15.8. The molecule has 0 spiro atoms. The Labute approximate surface area is 153 Å². The average molecular weight is 354 g/mol. The monoisotopic (exact) mass is 353 g/mol. The van der Waals surface area contributed by atoms with E-state index in [2.05, 4.69) is 20.6 Å². The van der Waals surface area contributed by atoms with Crippen LogP contribution in [0.25, 0.3) is 0 Å². The van der Waals surface area contributed by atoms with Crippen molar-refractivity contribution < 1.29 is 0 Å². The highest BCUT2D eigenvalue weighted by Gasteiger charge is 2.20. The van der Waals surface area contributed by atoms with Crippen molar-refractivity contribution in [2.24, 2.45) is 33.1 Å². The molecule has 0 atom stereocenters. The summed E-state index contributed by atoms with van der Waals surface area (Å²) < 4.78 is 0. The van der Waals surface area contributed by atoms with Crippen molar-refractivity contribution >= 4 is 11.9 Å². The van der Waals surface area contributed by atoms with E-state index in [4.69, 9.17) is 17.2 Å². The molecule has 0 bridgehead atoms. The number of unbranched alkanes of at least 4 members (excludes halogenated alkanes) is 6. The summed E-state index contributed by atoms with van der Waals surface area (Å²) in [5, 5.41) is 6.72. The SMILES string of the molecule is NC(N)=NCCCCCCNCCCCCCNC(N)=NCC1CC1. The quantitative estimate of drug-likeness (QED) is 0.162. The normalized spacial score (nSPS) is 14.5. The summed E-state index contributed by atoms with van der Waals surface area (Å²) in [6.07, 6.45) is 12.3. The fraction of sp³-hybridized carbons (Fsp3) is 0.889. The Hall–Kier alpha value is -1.50. The standard InChI is InChI=1S/C18H39N7/c19-17(20)23-13-7-3-1-5-11-22-12-6-2-4-8-14-24-18(21)25-15-16-9-10-16/h16,22H,1-15H2,(H4,19,20,23)(H3,21,24,25). The molecule has 8 N–H and O–H groups in total. The maximum atomic E-state index is 5.82. The van der Waals surface area contributed by atoms with Gasteiger partial charge in [-0.25, -0.2) is 0 Å². The van der Waals surface area contributed by atoms with Crippen molar-refractivity contribution in [1.82, 2.24) is 10.6 Å². The summed E-state index contributed by atoms with van der Waals surface area (Å²) in [7, 11) is 0. The molecule has 1 aliphatic carbocycles. The molecule has 1 aliphatic rings. The summed E-state index contributed by atoms with van der Waals surface area (Å²) in [5.74, 6) is 1.62. The van der Waals surface area contributed by atoms with Crippen LogP contribution in [-0.4, -0.2) is 44.6 Å². The van der Waals surface area contributed by atoms with Crippen molar-refractivity contribution in [1.29, 1.82) is 0 Å². The van der Waals surface area contributed by atoms with Gasteiger partial charge in [-0.15, -0.1) is 0 Å². The zero-order valence-electron chi connectivity index (χ0n) is 15.8. The van der Waals surface area contributed by atoms with Crippen molar-refractivity contribution in [3.05, 3.63) is 0 Å². The van der Waals surface area contributed by atoms with E-state index in [1.165, 1.54) is 51.4 Å². The van der Waals surface area contributed by atoms with Gasteiger partial charge in [0.15, 0.2) is 11.9 Å². The fourth-order valence-electron chi connectivity index (χ4n) is 2.58. The maximum Gasteiger partial charge on any atom is 0.188 e. The smallest absolute Gasteiger partial charge is 0.188 e. The lowest BCUT2D eigenvalue weighted by Gasteiger charge is -2.06. The number of hydrogen-bond donors (Lipinski definition) is 5. The largest absolute Gasteiger partial charge is 0.370 e. The van der Waals surface area contributed by atoms with E-state index >= 15 is 0 Å². The molecular formula is C18H39N7. The lowest BCUT2D eigenvalue weighted by Crippen LogP contribution is -2.32. The molecule has 0 unspecified atom stereocenters. The number of nitrogens with one attached hydrogen (secondary N) is 2. The van der Waals surface area contributed by atoms with Crippen LogP contribution in [0.1, 0.15) is 64.2 Å². The molecule has 0 amide bonds. The van der Waals surface area contributed by atoms with Crippen LogP contribution in [0.2, 0.25) is 0 Å². The van der Waals surface area contributed by atoms with Crippen LogP contribution in [-0.2, 0) is 0 Å². The molecule has 0 aromatic rings. The minimum atomic E-state index is 0.197. The summed E-state index contributed by atoms with van der Waals surface area (Å²) in [4.78, 5) is 8.33. The molecule has 0 saturated heterocycles. The molecule has 146 valence electrons. The lowest BCUT2D eigenvalue weighted by atomic mass is 10.2. The summed E-state index contributed by atoms with van der Waals surface area (Å²) in [6, 6.07) is 0. The number of guanidine groups is 2. The molecule has 0 radical (unpaired) electrons. The predicted molar refractivity (Wildman–Crippen MR) is 108 cm³/mol. The van der Waals surface area contributed by atoms with E-state index < -0.39 is 0 Å². The van der Waals surface area contributed by atoms with Crippen LogP contribution in [0.3, 0.4) is 0 Å². The summed E-state index contributed by atoms with van der Waals surface area (Å²) in [5.41, 5.74) is 16.4. The first-order valence-electron chi connectivity index (χ1n) is 9.98. The second-order valence-corrected chi connectivity index (χ2v) is 6.98. The number of hydrogen-bond acceptors (Lipinski definition) is 3. The predicted octanol–water partition coefficient (Wildman–Crippen LogP) is 1.28. The minimum Gasteiger partial charge on any atom is -0.370 e. The molecule has 7 heteroatoms. The molecule has 7 nitrogen and oxygen atoms in total. The van der Waals surface area contributed by atoms with E-state index in [1.807, 2.05) is 0 Å². The molecule has 1 saturated carbocycles. The Kier molecular flexibility index (Phi) is 12.8. The van der Waals surface area contributed by atoms with Crippen LogP contribution in [0.15, 0.2) is 9.98 Å². The Morgan fingerprint density at radius 2 is 1.36 bits per heavy atom. The van der Waals surface area contributed by atoms with Gasteiger partial charge in [0.1, 0.15) is 0 Å². The highest BCUT2D eigenvalue weighted by Crippen LogP contribution is 2.28. The number of nitrogens with zero attached hydrogens (tertiary/aromatic N) is 2. The molecule has 1 fully saturated rings. The number of nitrogens with two attached hydrogens (primary N) is 3. The van der Waals surface area contributed by atoms with Crippen molar-refractivity contribution in [3.8, 4) is 0 Å². The molecule has 1 rings (SSSR count). The Morgan fingerprint density at radius 1 is 0.760 bits per heavy atom. The van der Waals surface area contributed by atoms with Crippen LogP contribution in [0.5, 0.6) is 0 Å². The fourth-order valence-corrected chi connectivity index (χ4v) is 2.58. The topological polar surface area (TPSA) is 127 Å². The first kappa shape index (κ1) is 21.5. The van der Waals surface area contributed by atoms with E-state index in [1.54, 1.807) is 0 Å². The molecule has 0 aromatic heterocycles. The molecule has 25 heavy (non-hydrogen) atoms. The lowest BCUT2D eigenvalue weighted by molar-refractivity contribution is 0.555. The van der Waals surface area contributed by atoms with Gasteiger partial charge >= 0.3 is 0 Å². The summed E-state index contributed by atoms with van der Waals surface area (Å²) in [6.45, 7) is 4.82. The van der Waals surface area contributed by atoms with Gasteiger partial charge in [-0.3, -0.25) is 9.98 Å². The Bertz CT molecular complexity index is 374. The van der Waals surface area contributed by atoms with E-state index in [-0.39, 0.29) is 5.96 Å². The maximum absolute atomic E-state index is 5.82. The van der Waals surface area contributed by atoms with Gasteiger partial charge < -0.3 is 27.8 Å². The first-order valence-corrected chi connectivity index (χ1v) is 9.98. The summed E-state index contributed by atoms with van der Waals surface area (Å²) >= 11 is 0. The third-order valence-corrected chi connectivity index (χ3v) is 4.36. The van der Waals surface area contributed by atoms with Gasteiger partial charge in [-0.2, -0.15) is 0 Å². The molecule has 0 aliphatic heterocycles. The van der Waals surface area contributed by atoms with Crippen molar-refractivity contribution in [2.45, 2.75) is 64.2 Å². The van der Waals surface area contributed by atoms with Crippen LogP contribution in [0, 0.1) is 5.92 Å². The second kappa shape index (κ2) is 14.8. The van der Waals surface area contributed by atoms with Gasteiger partial charge in [0.25, 0.3) is 0 Å². The van der Waals surface area contributed by atoms with Gasteiger partial charge in [-0.1, -0.05) is 25.7 Å². The van der Waals surface area contributed by atoms with Gasteiger partial charge in [0.2, 0.25) is 0 Å². The minimum absolute atomic E-state index is 0.197. The Balaban J connectivity index is 1.71. The Morgan fingerprint density at radius 3 is 1.96 bits per heavy atom. The highest BCUT2D eigenvalue weighted by atomic mass is 15.1. The van der Waals surface area contributed by atoms with Crippen LogP contribution in [0.4, 0.5) is 0 Å². The van der Waals surface area contributed by atoms with Crippen LogP contribution >= 0.6 is 0 Å². The molecule has 0 heterocycles. The number of rotatable bonds is 16. The van der Waals surface area contributed by atoms with E-state index in [9.17, 15) is 0 Å². The third-order valence-electron chi connectivity index (χ3n) is 4.36. The van der Waals surface area contributed by atoms with Gasteiger partial charge in [-0.05, 0) is 57.5 Å². The zero-order chi connectivity index (χ0) is 18.2. The highest BCUT2D eigenvalue weighted by molar-refractivity contribution is 5.77. The van der Waals surface area contributed by atoms with Gasteiger partial charge in [0, 0.05) is 19.6 Å². The number of aliphatic imine (C=N–C) groups is 2. The van der Waals surface area contributed by atoms with Gasteiger partial charge in [0.05, 0.1) is 0 Å².